The van der Waals surface area contributed by atoms with Crippen molar-refractivity contribution in [2.24, 2.45) is 11.3 Å². The van der Waals surface area contributed by atoms with E-state index in [1.165, 1.54) is 0 Å². The first-order chi connectivity index (χ1) is 10.3. The van der Waals surface area contributed by atoms with E-state index in [9.17, 15) is 9.59 Å². The number of nitrogens with zero attached hydrogens (tertiary/aromatic N) is 1. The SMILES string of the molecule is CC(C)(C)C(=O)N1CCC[C@H](C(=O)Nc2ccc(Br)cc2)C1. The van der Waals surface area contributed by atoms with Gasteiger partial charge in [0.15, 0.2) is 0 Å². The molecule has 0 saturated carbocycles. The zero-order valence-electron chi connectivity index (χ0n) is 13.4. The third kappa shape index (κ3) is 4.32. The molecule has 0 unspecified atom stereocenters. The molecule has 0 bridgehead atoms. The van der Waals surface area contributed by atoms with E-state index in [-0.39, 0.29) is 17.7 Å². The van der Waals surface area contributed by atoms with Gasteiger partial charge in [-0.05, 0) is 37.1 Å². The maximum atomic E-state index is 12.4. The summed E-state index contributed by atoms with van der Waals surface area (Å²) in [5.74, 6) is -0.0222. The number of halogens is 1. The van der Waals surface area contributed by atoms with Gasteiger partial charge in [-0.3, -0.25) is 9.59 Å². The zero-order chi connectivity index (χ0) is 16.3. The number of carbonyl (C=O) groups is 2. The molecule has 5 heteroatoms. The predicted molar refractivity (Wildman–Crippen MR) is 91.5 cm³/mol. The highest BCUT2D eigenvalue weighted by molar-refractivity contribution is 9.10. The fourth-order valence-electron chi connectivity index (χ4n) is 2.63. The highest BCUT2D eigenvalue weighted by atomic mass is 79.9. The summed E-state index contributed by atoms with van der Waals surface area (Å²) >= 11 is 3.37. The van der Waals surface area contributed by atoms with E-state index in [0.717, 1.165) is 29.5 Å². The third-order valence-corrected chi connectivity index (χ3v) is 4.36. The lowest BCUT2D eigenvalue weighted by atomic mass is 9.91. The zero-order valence-corrected chi connectivity index (χ0v) is 14.9. The summed E-state index contributed by atoms with van der Waals surface area (Å²) in [7, 11) is 0. The van der Waals surface area contributed by atoms with E-state index in [0.29, 0.717) is 6.54 Å². The average Bonchev–Trinajstić information content (AvgIpc) is 2.48. The molecule has 120 valence electrons. The molecule has 2 amide bonds. The third-order valence-electron chi connectivity index (χ3n) is 3.83. The minimum atomic E-state index is -0.399. The Morgan fingerprint density at radius 2 is 1.86 bits per heavy atom. The molecule has 0 aliphatic carbocycles. The van der Waals surface area contributed by atoms with Crippen LogP contribution in [0.25, 0.3) is 0 Å². The van der Waals surface area contributed by atoms with Crippen LogP contribution in [0.5, 0.6) is 0 Å². The average molecular weight is 367 g/mol. The molecule has 0 spiro atoms. The number of rotatable bonds is 2. The van der Waals surface area contributed by atoms with E-state index < -0.39 is 5.41 Å². The number of amides is 2. The highest BCUT2D eigenvalue weighted by Crippen LogP contribution is 2.24. The van der Waals surface area contributed by atoms with Crippen molar-refractivity contribution < 1.29 is 9.59 Å². The van der Waals surface area contributed by atoms with Crippen molar-refractivity contribution in [3.63, 3.8) is 0 Å². The summed E-state index contributed by atoms with van der Waals surface area (Å²) in [6.07, 6.45) is 1.70. The van der Waals surface area contributed by atoms with Gasteiger partial charge in [-0.1, -0.05) is 36.7 Å². The van der Waals surface area contributed by atoms with Gasteiger partial charge >= 0.3 is 0 Å². The van der Waals surface area contributed by atoms with Crippen LogP contribution in [0.4, 0.5) is 5.69 Å². The first kappa shape index (κ1) is 17.0. The van der Waals surface area contributed by atoms with Crippen LogP contribution in [0, 0.1) is 11.3 Å². The van der Waals surface area contributed by atoms with Gasteiger partial charge in [0.1, 0.15) is 0 Å². The number of nitrogens with one attached hydrogen (secondary N) is 1. The van der Waals surface area contributed by atoms with Crippen LogP contribution in [-0.2, 0) is 9.59 Å². The van der Waals surface area contributed by atoms with E-state index in [2.05, 4.69) is 21.2 Å². The van der Waals surface area contributed by atoms with Gasteiger partial charge in [0, 0.05) is 28.7 Å². The predicted octanol–water partition coefficient (Wildman–Crippen LogP) is 3.67. The molecule has 1 fully saturated rings. The van der Waals surface area contributed by atoms with E-state index >= 15 is 0 Å². The van der Waals surface area contributed by atoms with Crippen molar-refractivity contribution in [1.29, 1.82) is 0 Å². The maximum Gasteiger partial charge on any atom is 0.229 e. The molecule has 1 aromatic rings. The monoisotopic (exact) mass is 366 g/mol. The minimum absolute atomic E-state index is 0.00580. The molecule has 1 heterocycles. The van der Waals surface area contributed by atoms with Crippen molar-refractivity contribution in [1.82, 2.24) is 4.90 Å². The normalized spacial score (nSPS) is 18.9. The van der Waals surface area contributed by atoms with Crippen LogP contribution in [0.2, 0.25) is 0 Å². The molecule has 1 aliphatic rings. The fourth-order valence-corrected chi connectivity index (χ4v) is 2.89. The summed E-state index contributed by atoms with van der Waals surface area (Å²) in [6.45, 7) is 7.01. The number of hydrogen-bond donors (Lipinski definition) is 1. The van der Waals surface area contributed by atoms with Gasteiger partial charge in [-0.2, -0.15) is 0 Å². The number of anilines is 1. The van der Waals surface area contributed by atoms with Crippen LogP contribution >= 0.6 is 15.9 Å². The first-order valence-corrected chi connectivity index (χ1v) is 8.42. The number of piperidine rings is 1. The van der Waals surface area contributed by atoms with E-state index in [1.54, 1.807) is 0 Å². The van der Waals surface area contributed by atoms with Crippen LogP contribution in [0.3, 0.4) is 0 Å². The summed E-state index contributed by atoms with van der Waals surface area (Å²) in [6, 6.07) is 7.52. The Labute approximate surface area is 140 Å². The number of benzene rings is 1. The first-order valence-electron chi connectivity index (χ1n) is 7.63. The molecule has 1 saturated heterocycles. The Morgan fingerprint density at radius 1 is 1.23 bits per heavy atom. The summed E-state index contributed by atoms with van der Waals surface area (Å²) in [5.41, 5.74) is 0.386. The smallest absolute Gasteiger partial charge is 0.229 e. The largest absolute Gasteiger partial charge is 0.341 e. The lowest BCUT2D eigenvalue weighted by molar-refractivity contribution is -0.142. The molecule has 1 aromatic carbocycles. The Balaban J connectivity index is 1.98. The van der Waals surface area contributed by atoms with Gasteiger partial charge in [-0.25, -0.2) is 0 Å². The summed E-state index contributed by atoms with van der Waals surface area (Å²) in [5, 5.41) is 2.94. The molecular formula is C17H23BrN2O2. The lowest BCUT2D eigenvalue weighted by Crippen LogP contribution is -2.47. The minimum Gasteiger partial charge on any atom is -0.341 e. The standard InChI is InChI=1S/C17H23BrN2O2/c1-17(2,3)16(22)20-10-4-5-12(11-20)15(21)19-14-8-6-13(18)7-9-14/h6-9,12H,4-5,10-11H2,1-3H3,(H,19,21)/t12-/m0/s1. The molecule has 4 nitrogen and oxygen atoms in total. The molecule has 1 N–H and O–H groups in total. The van der Waals surface area contributed by atoms with E-state index in [1.807, 2.05) is 49.9 Å². The van der Waals surface area contributed by atoms with E-state index in [4.69, 9.17) is 0 Å². The van der Waals surface area contributed by atoms with Gasteiger partial charge in [0.25, 0.3) is 0 Å². The van der Waals surface area contributed by atoms with Crippen molar-refractivity contribution in [3.8, 4) is 0 Å². The second-order valence-electron chi connectivity index (χ2n) is 6.84. The summed E-state index contributed by atoms with van der Waals surface area (Å²) in [4.78, 5) is 26.6. The molecule has 0 aromatic heterocycles. The fraction of sp³-hybridized carbons (Fsp3) is 0.529. The quantitative estimate of drug-likeness (QED) is 0.867. The molecule has 2 rings (SSSR count). The van der Waals surface area contributed by atoms with Gasteiger partial charge < -0.3 is 10.2 Å². The van der Waals surface area contributed by atoms with Crippen molar-refractivity contribution in [2.45, 2.75) is 33.6 Å². The topological polar surface area (TPSA) is 49.4 Å². The Morgan fingerprint density at radius 3 is 2.45 bits per heavy atom. The second kappa shape index (κ2) is 6.82. The van der Waals surface area contributed by atoms with Crippen molar-refractivity contribution in [2.75, 3.05) is 18.4 Å². The van der Waals surface area contributed by atoms with Crippen molar-refractivity contribution >= 4 is 33.4 Å². The highest BCUT2D eigenvalue weighted by Gasteiger charge is 2.33. The molecule has 0 radical (unpaired) electrons. The molecule has 1 atom stereocenters. The Bertz CT molecular complexity index is 549. The second-order valence-corrected chi connectivity index (χ2v) is 7.75. The van der Waals surface area contributed by atoms with Gasteiger partial charge in [-0.15, -0.1) is 0 Å². The molecule has 22 heavy (non-hydrogen) atoms. The van der Waals surface area contributed by atoms with Gasteiger partial charge in [0.2, 0.25) is 11.8 Å². The van der Waals surface area contributed by atoms with Crippen LogP contribution < -0.4 is 5.32 Å². The number of carbonyl (C=O) groups excluding carboxylic acids is 2. The van der Waals surface area contributed by atoms with Crippen molar-refractivity contribution in [3.05, 3.63) is 28.7 Å². The van der Waals surface area contributed by atoms with Gasteiger partial charge in [0.05, 0.1) is 5.92 Å². The summed E-state index contributed by atoms with van der Waals surface area (Å²) < 4.78 is 0.977. The van der Waals surface area contributed by atoms with Crippen LogP contribution in [0.1, 0.15) is 33.6 Å². The van der Waals surface area contributed by atoms with Crippen LogP contribution in [-0.4, -0.2) is 29.8 Å². The molecular weight excluding hydrogens is 344 g/mol. The lowest BCUT2D eigenvalue weighted by Gasteiger charge is -2.35. The Hall–Kier alpha value is -1.36. The molecule has 1 aliphatic heterocycles. The number of hydrogen-bond acceptors (Lipinski definition) is 2. The number of likely N-dealkylation sites (tertiary alicyclic amines) is 1. The van der Waals surface area contributed by atoms with Crippen LogP contribution in [0.15, 0.2) is 28.7 Å². The maximum absolute atomic E-state index is 12.4. The Kier molecular flexibility index (Phi) is 5.27.